The zero-order valence-electron chi connectivity index (χ0n) is 11.7. The number of hydrogen-bond donors (Lipinski definition) is 1. The molecule has 5 heteroatoms. The van der Waals surface area contributed by atoms with Crippen LogP contribution >= 0.6 is 0 Å². The summed E-state index contributed by atoms with van der Waals surface area (Å²) in [5, 5.41) is 7.65. The normalized spacial score (nSPS) is 12.4. The molecule has 98 valence electrons. The molecule has 0 saturated carbocycles. The Hall–Kier alpha value is -0.940. The van der Waals surface area contributed by atoms with Crippen LogP contribution < -0.4 is 5.32 Å². The van der Waals surface area contributed by atoms with Crippen LogP contribution in [0.2, 0.25) is 0 Å². The van der Waals surface area contributed by atoms with Gasteiger partial charge in [-0.25, -0.2) is 9.67 Å². The number of aromatic nitrogens is 3. The third-order valence-corrected chi connectivity index (χ3v) is 2.56. The number of nitrogens with zero attached hydrogens (tertiary/aromatic N) is 4. The fourth-order valence-corrected chi connectivity index (χ4v) is 1.62. The Kier molecular flexibility index (Phi) is 5.08. The second-order valence-electron chi connectivity index (χ2n) is 5.41. The van der Waals surface area contributed by atoms with Crippen molar-refractivity contribution in [2.75, 3.05) is 20.1 Å². The van der Waals surface area contributed by atoms with Gasteiger partial charge in [0.1, 0.15) is 12.2 Å². The molecule has 0 bridgehead atoms. The monoisotopic (exact) mass is 239 g/mol. The van der Waals surface area contributed by atoms with Crippen LogP contribution in [0.4, 0.5) is 0 Å². The molecule has 1 aromatic rings. The molecule has 0 saturated heterocycles. The molecule has 5 nitrogen and oxygen atoms in total. The highest BCUT2D eigenvalue weighted by molar-refractivity contribution is 4.84. The van der Waals surface area contributed by atoms with Gasteiger partial charge in [-0.15, -0.1) is 0 Å². The summed E-state index contributed by atoms with van der Waals surface area (Å²) in [6.45, 7) is 12.3. The Labute approximate surface area is 104 Å². The molecule has 0 unspecified atom stereocenters. The number of likely N-dealkylation sites (N-methyl/N-ethyl adjacent to an activating group) is 1. The smallest absolute Gasteiger partial charge is 0.140 e. The van der Waals surface area contributed by atoms with Crippen molar-refractivity contribution >= 4 is 0 Å². The van der Waals surface area contributed by atoms with E-state index in [-0.39, 0.29) is 5.54 Å². The highest BCUT2D eigenvalue weighted by atomic mass is 15.3. The molecular formula is C12H25N5. The zero-order chi connectivity index (χ0) is 12.9. The van der Waals surface area contributed by atoms with Crippen LogP contribution in [0.5, 0.6) is 0 Å². The Bertz CT molecular complexity index is 326. The second-order valence-corrected chi connectivity index (χ2v) is 5.41. The van der Waals surface area contributed by atoms with E-state index in [9.17, 15) is 0 Å². The lowest BCUT2D eigenvalue weighted by molar-refractivity contribution is 0.292. The Morgan fingerprint density at radius 1 is 1.41 bits per heavy atom. The topological polar surface area (TPSA) is 46.0 Å². The van der Waals surface area contributed by atoms with Gasteiger partial charge in [-0.05, 0) is 34.7 Å². The van der Waals surface area contributed by atoms with Crippen molar-refractivity contribution in [3.05, 3.63) is 12.2 Å². The lowest BCUT2D eigenvalue weighted by Gasteiger charge is -2.23. The third kappa shape index (κ3) is 5.28. The molecule has 0 spiro atoms. The van der Waals surface area contributed by atoms with Crippen molar-refractivity contribution in [1.82, 2.24) is 25.0 Å². The van der Waals surface area contributed by atoms with Gasteiger partial charge in [0.25, 0.3) is 0 Å². The zero-order valence-corrected chi connectivity index (χ0v) is 11.7. The first kappa shape index (κ1) is 14.1. The minimum atomic E-state index is 0.185. The Morgan fingerprint density at radius 3 is 2.71 bits per heavy atom. The molecule has 0 aliphatic rings. The van der Waals surface area contributed by atoms with Gasteiger partial charge in [0.05, 0.1) is 6.54 Å². The van der Waals surface area contributed by atoms with Crippen molar-refractivity contribution in [3.63, 3.8) is 0 Å². The van der Waals surface area contributed by atoms with Gasteiger partial charge in [0.15, 0.2) is 0 Å². The van der Waals surface area contributed by atoms with Crippen LogP contribution in [-0.2, 0) is 13.1 Å². The summed E-state index contributed by atoms with van der Waals surface area (Å²) in [5.74, 6) is 1.03. The van der Waals surface area contributed by atoms with Crippen molar-refractivity contribution in [2.45, 2.75) is 46.3 Å². The second kappa shape index (κ2) is 6.12. The first-order valence-corrected chi connectivity index (χ1v) is 6.22. The van der Waals surface area contributed by atoms with Crippen LogP contribution in [0.25, 0.3) is 0 Å². The molecule has 0 aromatic carbocycles. The summed E-state index contributed by atoms with van der Waals surface area (Å²) in [4.78, 5) is 6.53. The van der Waals surface area contributed by atoms with Crippen molar-refractivity contribution in [2.24, 2.45) is 0 Å². The van der Waals surface area contributed by atoms with Gasteiger partial charge in [0, 0.05) is 25.2 Å². The maximum absolute atomic E-state index is 4.27. The summed E-state index contributed by atoms with van der Waals surface area (Å²) in [7, 11) is 2.11. The van der Waals surface area contributed by atoms with Gasteiger partial charge >= 0.3 is 0 Å². The molecule has 1 rings (SSSR count). The molecule has 0 amide bonds. The van der Waals surface area contributed by atoms with Crippen molar-refractivity contribution < 1.29 is 0 Å². The van der Waals surface area contributed by atoms with E-state index in [0.29, 0.717) is 0 Å². The average molecular weight is 239 g/mol. The molecule has 0 fully saturated rings. The van der Waals surface area contributed by atoms with Crippen molar-refractivity contribution in [3.8, 4) is 0 Å². The molecule has 17 heavy (non-hydrogen) atoms. The van der Waals surface area contributed by atoms with E-state index < -0.39 is 0 Å². The van der Waals surface area contributed by atoms with Gasteiger partial charge in [-0.2, -0.15) is 5.10 Å². The number of rotatable bonds is 6. The molecular weight excluding hydrogens is 214 g/mol. The van der Waals surface area contributed by atoms with Crippen LogP contribution in [-0.4, -0.2) is 45.3 Å². The molecule has 1 heterocycles. The number of aryl methyl sites for hydroxylation is 1. The summed E-state index contributed by atoms with van der Waals surface area (Å²) < 4.78 is 1.94. The maximum Gasteiger partial charge on any atom is 0.140 e. The number of hydrogen-bond acceptors (Lipinski definition) is 4. The summed E-state index contributed by atoms with van der Waals surface area (Å²) >= 11 is 0. The fourth-order valence-electron chi connectivity index (χ4n) is 1.62. The van der Waals surface area contributed by atoms with E-state index in [1.165, 1.54) is 0 Å². The Morgan fingerprint density at radius 2 is 2.12 bits per heavy atom. The summed E-state index contributed by atoms with van der Waals surface area (Å²) in [5.41, 5.74) is 0.185. The van der Waals surface area contributed by atoms with Crippen LogP contribution in [0, 0.1) is 0 Å². The average Bonchev–Trinajstić information content (AvgIpc) is 2.63. The minimum absolute atomic E-state index is 0.185. The van der Waals surface area contributed by atoms with E-state index in [1.54, 1.807) is 6.33 Å². The summed E-state index contributed by atoms with van der Waals surface area (Å²) in [6, 6.07) is 0. The van der Waals surface area contributed by atoms with Gasteiger partial charge in [0.2, 0.25) is 0 Å². The Balaban J connectivity index is 2.32. The molecule has 0 radical (unpaired) electrons. The third-order valence-electron chi connectivity index (χ3n) is 2.56. The van der Waals surface area contributed by atoms with Crippen LogP contribution in [0.15, 0.2) is 6.33 Å². The van der Waals surface area contributed by atoms with E-state index in [2.05, 4.69) is 55.0 Å². The lowest BCUT2D eigenvalue weighted by atomic mass is 10.1. The molecule has 0 aliphatic carbocycles. The quantitative estimate of drug-likeness (QED) is 0.808. The predicted molar refractivity (Wildman–Crippen MR) is 69.8 cm³/mol. The van der Waals surface area contributed by atoms with Gasteiger partial charge in [-0.1, -0.05) is 0 Å². The maximum atomic E-state index is 4.27. The highest BCUT2D eigenvalue weighted by Crippen LogP contribution is 2.00. The van der Waals surface area contributed by atoms with Crippen molar-refractivity contribution in [1.29, 1.82) is 0 Å². The predicted octanol–water partition coefficient (Wildman–Crippen LogP) is 1.12. The van der Waals surface area contributed by atoms with Crippen LogP contribution in [0.1, 0.15) is 33.5 Å². The molecule has 0 aliphatic heterocycles. The van der Waals surface area contributed by atoms with Gasteiger partial charge in [-0.3, -0.25) is 4.90 Å². The van der Waals surface area contributed by atoms with Crippen LogP contribution in [0.3, 0.4) is 0 Å². The molecule has 1 N–H and O–H groups in total. The summed E-state index contributed by atoms with van der Waals surface area (Å²) in [6.07, 6.45) is 1.63. The van der Waals surface area contributed by atoms with E-state index in [0.717, 1.165) is 32.0 Å². The highest BCUT2D eigenvalue weighted by Gasteiger charge is 2.10. The largest absolute Gasteiger partial charge is 0.311 e. The standard InChI is InChI=1S/C12H25N5/c1-6-17-11(13-10-15-17)9-16(5)8-7-14-12(2,3)4/h10,14H,6-9H2,1-5H3. The molecule has 1 aromatic heterocycles. The number of nitrogens with one attached hydrogen (secondary N) is 1. The minimum Gasteiger partial charge on any atom is -0.311 e. The van der Waals surface area contributed by atoms with E-state index in [1.807, 2.05) is 4.68 Å². The first-order chi connectivity index (χ1) is 7.92. The lowest BCUT2D eigenvalue weighted by Crippen LogP contribution is -2.40. The fraction of sp³-hybridized carbons (Fsp3) is 0.833. The van der Waals surface area contributed by atoms with E-state index >= 15 is 0 Å². The first-order valence-electron chi connectivity index (χ1n) is 6.22. The van der Waals surface area contributed by atoms with E-state index in [4.69, 9.17) is 0 Å². The van der Waals surface area contributed by atoms with Gasteiger partial charge < -0.3 is 5.32 Å². The molecule has 0 atom stereocenters. The SMILES string of the molecule is CCn1ncnc1CN(C)CCNC(C)(C)C.